The molecule has 110 valence electrons. The summed E-state index contributed by atoms with van der Waals surface area (Å²) in [5.41, 5.74) is 1.76. The third kappa shape index (κ3) is 3.49. The van der Waals surface area contributed by atoms with Crippen LogP contribution in [0.25, 0.3) is 0 Å². The third-order valence-corrected chi connectivity index (χ3v) is 3.46. The van der Waals surface area contributed by atoms with Crippen LogP contribution in [0.4, 0.5) is 0 Å². The minimum absolute atomic E-state index is 0.00816. The summed E-state index contributed by atoms with van der Waals surface area (Å²) in [4.78, 5) is 11.7. The van der Waals surface area contributed by atoms with Gasteiger partial charge in [0.15, 0.2) is 0 Å². The van der Waals surface area contributed by atoms with Gasteiger partial charge in [-0.05, 0) is 25.5 Å². The highest BCUT2D eigenvalue weighted by molar-refractivity contribution is 5.76. The van der Waals surface area contributed by atoms with Gasteiger partial charge in [-0.2, -0.15) is 0 Å². The van der Waals surface area contributed by atoms with Gasteiger partial charge in [0.25, 0.3) is 0 Å². The highest BCUT2D eigenvalue weighted by atomic mass is 16.5. The molecule has 2 atom stereocenters. The van der Waals surface area contributed by atoms with Gasteiger partial charge in [-0.1, -0.05) is 11.6 Å². The molecule has 0 aromatic heterocycles. The lowest BCUT2D eigenvalue weighted by Crippen LogP contribution is -2.39. The van der Waals surface area contributed by atoms with Crippen molar-refractivity contribution in [2.75, 3.05) is 13.2 Å². The van der Waals surface area contributed by atoms with Crippen molar-refractivity contribution in [3.05, 3.63) is 29.3 Å². The molecule has 1 aromatic carbocycles. The topological polar surface area (TPSA) is 78.8 Å². The van der Waals surface area contributed by atoms with Gasteiger partial charge in [0.1, 0.15) is 11.9 Å². The van der Waals surface area contributed by atoms with Crippen LogP contribution < -0.4 is 10.1 Å². The summed E-state index contributed by atoms with van der Waals surface area (Å²) in [6, 6.07) is 5.32. The number of aliphatic hydroxyl groups excluding tert-OH is 2. The molecule has 0 aliphatic carbocycles. The second-order valence-electron chi connectivity index (χ2n) is 5.12. The molecule has 1 aliphatic rings. The first-order valence-electron chi connectivity index (χ1n) is 6.93. The van der Waals surface area contributed by atoms with Crippen molar-refractivity contribution in [3.63, 3.8) is 0 Å². The number of amides is 1. The molecule has 1 aliphatic heterocycles. The lowest BCUT2D eigenvalue weighted by atomic mass is 9.98. The number of rotatable bonds is 4. The van der Waals surface area contributed by atoms with Gasteiger partial charge in [-0.15, -0.1) is 0 Å². The van der Waals surface area contributed by atoms with Crippen LogP contribution in [0.3, 0.4) is 0 Å². The van der Waals surface area contributed by atoms with Crippen LogP contribution in [-0.4, -0.2) is 35.4 Å². The van der Waals surface area contributed by atoms with E-state index in [2.05, 4.69) is 5.32 Å². The van der Waals surface area contributed by atoms with Crippen LogP contribution in [-0.2, 0) is 4.79 Å². The lowest BCUT2D eigenvalue weighted by molar-refractivity contribution is -0.123. The fraction of sp³-hybridized carbons (Fsp3) is 0.533. The Balaban J connectivity index is 2.10. The molecule has 2 unspecified atom stereocenters. The van der Waals surface area contributed by atoms with E-state index in [9.17, 15) is 9.90 Å². The second kappa shape index (κ2) is 6.72. The molecule has 0 fully saturated rings. The number of aryl methyl sites for hydroxylation is 1. The summed E-state index contributed by atoms with van der Waals surface area (Å²) in [7, 11) is 0. The Morgan fingerprint density at radius 3 is 3.05 bits per heavy atom. The molecular weight excluding hydrogens is 258 g/mol. The van der Waals surface area contributed by atoms with Gasteiger partial charge in [0.2, 0.25) is 5.91 Å². The minimum atomic E-state index is -0.773. The van der Waals surface area contributed by atoms with Crippen LogP contribution in [0.1, 0.15) is 36.5 Å². The van der Waals surface area contributed by atoms with Crippen LogP contribution in [0, 0.1) is 6.92 Å². The van der Waals surface area contributed by atoms with E-state index in [0.717, 1.165) is 11.1 Å². The van der Waals surface area contributed by atoms with Gasteiger partial charge in [0.05, 0.1) is 12.6 Å². The number of hydrogen-bond donors (Lipinski definition) is 3. The molecular formula is C15H21NO4. The molecule has 0 radical (unpaired) electrons. The number of carbonyl (C=O) groups excluding carboxylic acids is 1. The smallest absolute Gasteiger partial charge is 0.220 e. The quantitative estimate of drug-likeness (QED) is 0.770. The van der Waals surface area contributed by atoms with E-state index in [1.165, 1.54) is 0 Å². The Morgan fingerprint density at radius 1 is 1.50 bits per heavy atom. The maximum Gasteiger partial charge on any atom is 0.220 e. The summed E-state index contributed by atoms with van der Waals surface area (Å²) in [5, 5.41) is 22.0. The molecule has 0 spiro atoms. The van der Waals surface area contributed by atoms with E-state index in [0.29, 0.717) is 25.2 Å². The van der Waals surface area contributed by atoms with Crippen molar-refractivity contribution in [3.8, 4) is 5.75 Å². The SMILES string of the molecule is Cc1ccc2c(c1)C(O)C(NC(=O)CCCO)CCO2. The fourth-order valence-electron chi connectivity index (χ4n) is 2.37. The number of aliphatic hydroxyl groups is 2. The molecule has 20 heavy (non-hydrogen) atoms. The van der Waals surface area contributed by atoms with Crippen molar-refractivity contribution in [2.24, 2.45) is 0 Å². The van der Waals surface area contributed by atoms with Crippen molar-refractivity contribution < 1.29 is 19.7 Å². The number of ether oxygens (including phenoxy) is 1. The van der Waals surface area contributed by atoms with Crippen molar-refractivity contribution in [1.82, 2.24) is 5.32 Å². The van der Waals surface area contributed by atoms with Crippen LogP contribution >= 0.6 is 0 Å². The van der Waals surface area contributed by atoms with E-state index in [4.69, 9.17) is 9.84 Å². The van der Waals surface area contributed by atoms with E-state index in [1.54, 1.807) is 0 Å². The predicted molar refractivity (Wildman–Crippen MR) is 74.5 cm³/mol. The molecule has 1 amide bonds. The van der Waals surface area contributed by atoms with E-state index < -0.39 is 6.10 Å². The first-order valence-corrected chi connectivity index (χ1v) is 6.93. The summed E-state index contributed by atoms with van der Waals surface area (Å²) < 4.78 is 5.62. The number of benzene rings is 1. The predicted octanol–water partition coefficient (Wildman–Crippen LogP) is 1.07. The number of fused-ring (bicyclic) bond motifs is 1. The van der Waals surface area contributed by atoms with Gasteiger partial charge in [-0.3, -0.25) is 4.79 Å². The average molecular weight is 279 g/mol. The number of hydrogen-bond acceptors (Lipinski definition) is 4. The van der Waals surface area contributed by atoms with Crippen molar-refractivity contribution in [2.45, 2.75) is 38.3 Å². The van der Waals surface area contributed by atoms with Gasteiger partial charge < -0.3 is 20.3 Å². The zero-order valence-electron chi connectivity index (χ0n) is 11.6. The van der Waals surface area contributed by atoms with Gasteiger partial charge >= 0.3 is 0 Å². The zero-order valence-corrected chi connectivity index (χ0v) is 11.6. The number of nitrogens with one attached hydrogen (secondary N) is 1. The molecule has 0 bridgehead atoms. The van der Waals surface area contributed by atoms with Gasteiger partial charge in [-0.25, -0.2) is 0 Å². The molecule has 5 heteroatoms. The standard InChI is InChI=1S/C15H21NO4/c1-10-4-5-13-11(9-10)15(19)12(6-8-20-13)16-14(18)3-2-7-17/h4-5,9,12,15,17,19H,2-3,6-8H2,1H3,(H,16,18). The summed E-state index contributed by atoms with van der Waals surface area (Å²) in [5.74, 6) is 0.523. The maximum atomic E-state index is 11.7. The summed E-state index contributed by atoms with van der Waals surface area (Å²) >= 11 is 0. The van der Waals surface area contributed by atoms with Crippen LogP contribution in [0.5, 0.6) is 5.75 Å². The molecule has 5 nitrogen and oxygen atoms in total. The van der Waals surface area contributed by atoms with Crippen LogP contribution in [0.15, 0.2) is 18.2 Å². The molecule has 3 N–H and O–H groups in total. The van der Waals surface area contributed by atoms with Crippen LogP contribution in [0.2, 0.25) is 0 Å². The minimum Gasteiger partial charge on any atom is -0.493 e. The Morgan fingerprint density at radius 2 is 2.30 bits per heavy atom. The zero-order chi connectivity index (χ0) is 14.5. The highest BCUT2D eigenvalue weighted by Gasteiger charge is 2.28. The molecule has 1 heterocycles. The average Bonchev–Trinajstić information content (AvgIpc) is 2.58. The summed E-state index contributed by atoms with van der Waals surface area (Å²) in [6.07, 6.45) is 0.479. The first kappa shape index (κ1) is 14.8. The Kier molecular flexibility index (Phi) is 4.98. The van der Waals surface area contributed by atoms with Crippen molar-refractivity contribution >= 4 is 5.91 Å². The first-order chi connectivity index (χ1) is 9.61. The molecule has 0 saturated carbocycles. The Labute approximate surface area is 118 Å². The number of carbonyl (C=O) groups is 1. The monoisotopic (exact) mass is 279 g/mol. The highest BCUT2D eigenvalue weighted by Crippen LogP contribution is 2.32. The second-order valence-corrected chi connectivity index (χ2v) is 5.12. The van der Waals surface area contributed by atoms with E-state index in [-0.39, 0.29) is 25.0 Å². The lowest BCUT2D eigenvalue weighted by Gasteiger charge is -2.22. The third-order valence-electron chi connectivity index (χ3n) is 3.46. The fourth-order valence-corrected chi connectivity index (χ4v) is 2.37. The van der Waals surface area contributed by atoms with E-state index in [1.807, 2.05) is 25.1 Å². The van der Waals surface area contributed by atoms with Gasteiger partial charge in [0, 0.05) is 25.0 Å². The summed E-state index contributed by atoms with van der Waals surface area (Å²) in [6.45, 7) is 2.40. The Hall–Kier alpha value is -1.59. The Bertz CT molecular complexity index is 475. The molecule has 2 rings (SSSR count). The largest absolute Gasteiger partial charge is 0.493 e. The maximum absolute atomic E-state index is 11.7. The normalized spacial score (nSPS) is 21.6. The van der Waals surface area contributed by atoms with Crippen molar-refractivity contribution in [1.29, 1.82) is 0 Å². The van der Waals surface area contributed by atoms with E-state index >= 15 is 0 Å². The molecule has 1 aromatic rings. The molecule has 0 saturated heterocycles.